The molecule has 1 aliphatic heterocycles. The van der Waals surface area contributed by atoms with Crippen LogP contribution >= 0.6 is 11.3 Å². The highest BCUT2D eigenvalue weighted by Gasteiger charge is 2.30. The number of Topliss-reactive ketones (excluding diaryl/α,β-unsaturated/α-hetero) is 1. The molecule has 2 heterocycles. The number of fused-ring (bicyclic) bond motifs is 1. The monoisotopic (exact) mass is 348 g/mol. The second-order valence-electron chi connectivity index (χ2n) is 5.32. The number of para-hydroxylation sites is 1. The average molecular weight is 348 g/mol. The van der Waals surface area contributed by atoms with Crippen LogP contribution in [0.3, 0.4) is 0 Å². The van der Waals surface area contributed by atoms with Crippen LogP contribution in [0, 0.1) is 0 Å². The third kappa shape index (κ3) is 2.95. The van der Waals surface area contributed by atoms with Crippen LogP contribution in [0.5, 0.6) is 5.75 Å². The van der Waals surface area contributed by atoms with Gasteiger partial charge >= 0.3 is 5.97 Å². The van der Waals surface area contributed by atoms with Crippen molar-refractivity contribution in [3.63, 3.8) is 0 Å². The Morgan fingerprint density at radius 1 is 1.00 bits per heavy atom. The van der Waals surface area contributed by atoms with Crippen molar-refractivity contribution in [1.29, 1.82) is 0 Å². The summed E-state index contributed by atoms with van der Waals surface area (Å²) >= 11 is 1.39. The number of nitrogens with one attached hydrogen (secondary N) is 1. The molecule has 0 bridgehead atoms. The van der Waals surface area contributed by atoms with Gasteiger partial charge in [0.25, 0.3) is 0 Å². The van der Waals surface area contributed by atoms with E-state index in [1.54, 1.807) is 24.3 Å². The molecular formula is C19H12N2O3S. The summed E-state index contributed by atoms with van der Waals surface area (Å²) in [6.07, 6.45) is 1.36. The lowest BCUT2D eigenvalue weighted by atomic mass is 10.0. The molecule has 0 radical (unpaired) electrons. The summed E-state index contributed by atoms with van der Waals surface area (Å²) in [4.78, 5) is 29.0. The Labute approximate surface area is 147 Å². The topological polar surface area (TPSA) is 68.3 Å². The van der Waals surface area contributed by atoms with Gasteiger partial charge in [0.05, 0.1) is 11.3 Å². The molecule has 0 amide bonds. The summed E-state index contributed by atoms with van der Waals surface area (Å²) in [5, 5.41) is 5.42. The summed E-state index contributed by atoms with van der Waals surface area (Å²) in [5.41, 5.74) is 2.16. The number of nitrogens with zero attached hydrogens (tertiary/aromatic N) is 1. The lowest BCUT2D eigenvalue weighted by Gasteiger charge is -2.16. The number of ketones is 1. The van der Waals surface area contributed by atoms with Gasteiger partial charge in [0.2, 0.25) is 5.78 Å². The molecule has 4 rings (SSSR count). The van der Waals surface area contributed by atoms with Crippen molar-refractivity contribution in [2.45, 2.75) is 0 Å². The van der Waals surface area contributed by atoms with Crippen molar-refractivity contribution < 1.29 is 14.3 Å². The van der Waals surface area contributed by atoms with Gasteiger partial charge in [0.15, 0.2) is 5.13 Å². The zero-order chi connectivity index (χ0) is 17.2. The number of rotatable bonds is 3. The Bertz CT molecular complexity index is 993. The van der Waals surface area contributed by atoms with Crippen LogP contribution in [0.25, 0.3) is 11.3 Å². The number of hydrogen-bond acceptors (Lipinski definition) is 6. The molecule has 5 nitrogen and oxygen atoms in total. The normalized spacial score (nSPS) is 15.0. The van der Waals surface area contributed by atoms with Crippen LogP contribution < -0.4 is 10.1 Å². The Balaban J connectivity index is 1.57. The number of thiazole rings is 1. The summed E-state index contributed by atoms with van der Waals surface area (Å²) < 4.78 is 5.19. The maximum absolute atomic E-state index is 12.4. The molecular weight excluding hydrogens is 336 g/mol. The van der Waals surface area contributed by atoms with Gasteiger partial charge in [-0.05, 0) is 12.1 Å². The van der Waals surface area contributed by atoms with Crippen LogP contribution in [0.2, 0.25) is 0 Å². The number of aromatic nitrogens is 1. The van der Waals surface area contributed by atoms with Crippen LogP contribution in [-0.4, -0.2) is 16.7 Å². The number of esters is 1. The van der Waals surface area contributed by atoms with Crippen LogP contribution in [0.4, 0.5) is 5.13 Å². The van der Waals surface area contributed by atoms with E-state index in [0.29, 0.717) is 10.7 Å². The van der Waals surface area contributed by atoms with Gasteiger partial charge in [-0.25, -0.2) is 9.78 Å². The van der Waals surface area contributed by atoms with Gasteiger partial charge in [-0.1, -0.05) is 42.5 Å². The third-order valence-electron chi connectivity index (χ3n) is 3.71. The zero-order valence-electron chi connectivity index (χ0n) is 12.9. The van der Waals surface area contributed by atoms with Crippen LogP contribution in [0.1, 0.15) is 10.4 Å². The summed E-state index contributed by atoms with van der Waals surface area (Å²) in [5.74, 6) is -0.745. The molecule has 0 saturated carbocycles. The molecule has 122 valence electrons. The maximum Gasteiger partial charge on any atom is 0.349 e. The fourth-order valence-corrected chi connectivity index (χ4v) is 3.17. The molecule has 0 unspecified atom stereocenters. The first-order valence-electron chi connectivity index (χ1n) is 7.56. The first-order valence-corrected chi connectivity index (χ1v) is 8.44. The van der Waals surface area contributed by atoms with Gasteiger partial charge in [-0.15, -0.1) is 11.3 Å². The quantitative estimate of drug-likeness (QED) is 0.336. The number of carbonyl (C=O) groups is 2. The fraction of sp³-hybridized carbons (Fsp3) is 0. The number of carbonyl (C=O) groups excluding carboxylic acids is 2. The molecule has 0 saturated heterocycles. The molecule has 1 aromatic heterocycles. The SMILES string of the molecule is O=C1Oc2ccccc2C(=O)/C1=C/Nc1nc(-c2ccccc2)cs1. The maximum atomic E-state index is 12.4. The molecule has 1 N–H and O–H groups in total. The number of benzene rings is 2. The standard InChI is InChI=1S/C19H12N2O3S/c22-17-13-8-4-5-9-16(13)24-18(23)14(17)10-20-19-21-15(11-25-19)12-6-2-1-3-7-12/h1-11H,(H,20,21)/b14-10-. The van der Waals surface area contributed by atoms with Gasteiger partial charge in [0.1, 0.15) is 11.3 Å². The van der Waals surface area contributed by atoms with E-state index in [1.165, 1.54) is 17.5 Å². The first kappa shape index (κ1) is 15.3. The number of hydrogen-bond donors (Lipinski definition) is 1. The lowest BCUT2D eigenvalue weighted by molar-refractivity contribution is -0.130. The van der Waals surface area contributed by atoms with Gasteiger partial charge in [-0.3, -0.25) is 4.79 Å². The predicted octanol–water partition coefficient (Wildman–Crippen LogP) is 3.91. The lowest BCUT2D eigenvalue weighted by Crippen LogP contribution is -2.25. The summed E-state index contributed by atoms with van der Waals surface area (Å²) in [6, 6.07) is 16.4. The van der Waals surface area contributed by atoms with E-state index in [0.717, 1.165) is 11.3 Å². The van der Waals surface area contributed by atoms with Gasteiger partial charge < -0.3 is 10.1 Å². The minimum absolute atomic E-state index is 0.0461. The minimum atomic E-state index is -0.670. The average Bonchev–Trinajstić information content (AvgIpc) is 3.11. The van der Waals surface area contributed by atoms with E-state index in [-0.39, 0.29) is 17.1 Å². The molecule has 6 heteroatoms. The Morgan fingerprint density at radius 2 is 1.76 bits per heavy atom. The predicted molar refractivity (Wildman–Crippen MR) is 95.7 cm³/mol. The Kier molecular flexibility index (Phi) is 3.87. The first-order chi connectivity index (χ1) is 12.2. The fourth-order valence-electron chi connectivity index (χ4n) is 2.48. The Hall–Kier alpha value is -3.25. The van der Waals surface area contributed by atoms with Crippen molar-refractivity contribution in [2.75, 3.05) is 5.32 Å². The van der Waals surface area contributed by atoms with Gasteiger partial charge in [-0.2, -0.15) is 0 Å². The molecule has 25 heavy (non-hydrogen) atoms. The van der Waals surface area contributed by atoms with Crippen molar-refractivity contribution in [2.24, 2.45) is 0 Å². The second-order valence-corrected chi connectivity index (χ2v) is 6.18. The third-order valence-corrected chi connectivity index (χ3v) is 4.49. The molecule has 2 aromatic carbocycles. The molecule has 1 aliphatic rings. The van der Waals surface area contributed by atoms with Crippen LogP contribution in [-0.2, 0) is 4.79 Å². The number of anilines is 1. The second kappa shape index (κ2) is 6.33. The van der Waals surface area contributed by atoms with E-state index in [1.807, 2.05) is 35.7 Å². The van der Waals surface area contributed by atoms with E-state index >= 15 is 0 Å². The smallest absolute Gasteiger partial charge is 0.349 e. The minimum Gasteiger partial charge on any atom is -0.422 e. The van der Waals surface area contributed by atoms with E-state index in [4.69, 9.17) is 4.74 Å². The highest BCUT2D eigenvalue weighted by molar-refractivity contribution is 7.14. The highest BCUT2D eigenvalue weighted by Crippen LogP contribution is 2.28. The molecule has 0 aliphatic carbocycles. The summed E-state index contributed by atoms with van der Waals surface area (Å²) in [7, 11) is 0. The summed E-state index contributed by atoms with van der Waals surface area (Å²) in [6.45, 7) is 0. The van der Waals surface area contributed by atoms with E-state index < -0.39 is 5.97 Å². The van der Waals surface area contributed by atoms with E-state index in [9.17, 15) is 9.59 Å². The molecule has 3 aromatic rings. The number of ether oxygens (including phenoxy) is 1. The molecule has 0 atom stereocenters. The van der Waals surface area contributed by atoms with Crippen LogP contribution in [0.15, 0.2) is 71.8 Å². The van der Waals surface area contributed by atoms with Crippen molar-refractivity contribution >= 4 is 28.2 Å². The molecule has 0 fully saturated rings. The molecule has 0 spiro atoms. The zero-order valence-corrected chi connectivity index (χ0v) is 13.7. The van der Waals surface area contributed by atoms with Gasteiger partial charge in [0, 0.05) is 17.1 Å². The largest absolute Gasteiger partial charge is 0.422 e. The van der Waals surface area contributed by atoms with Crippen molar-refractivity contribution in [3.8, 4) is 17.0 Å². The van der Waals surface area contributed by atoms with Crippen molar-refractivity contribution in [1.82, 2.24) is 4.98 Å². The Morgan fingerprint density at radius 3 is 2.60 bits per heavy atom. The van der Waals surface area contributed by atoms with E-state index in [2.05, 4.69) is 10.3 Å². The highest BCUT2D eigenvalue weighted by atomic mass is 32.1. The van der Waals surface area contributed by atoms with Crippen molar-refractivity contribution in [3.05, 3.63) is 77.3 Å².